The van der Waals surface area contributed by atoms with E-state index in [-0.39, 0.29) is 0 Å². The molecular formula is C2HF4O3S. The molecular weight excluding hydrogens is 180 g/mol. The summed E-state index contributed by atoms with van der Waals surface area (Å²) < 4.78 is 63.0. The first-order valence-corrected chi connectivity index (χ1v) is 3.12. The molecule has 0 aliphatic rings. The van der Waals surface area contributed by atoms with Crippen molar-refractivity contribution in [2.45, 2.75) is 6.18 Å². The van der Waals surface area contributed by atoms with Crippen LogP contribution in [0.15, 0.2) is 0 Å². The van der Waals surface area contributed by atoms with E-state index in [9.17, 15) is 25.5 Å². The maximum absolute atomic E-state index is 11.2. The number of hydrogen-bond donors (Lipinski definition) is 1. The van der Waals surface area contributed by atoms with Gasteiger partial charge >= 0.3 is 21.8 Å². The van der Waals surface area contributed by atoms with Crippen molar-refractivity contribution in [3.63, 3.8) is 0 Å². The van der Waals surface area contributed by atoms with Crippen LogP contribution in [-0.4, -0.2) is 19.7 Å². The van der Waals surface area contributed by atoms with E-state index in [1.807, 2.05) is 0 Å². The van der Waals surface area contributed by atoms with Crippen molar-refractivity contribution in [3.05, 3.63) is 5.44 Å². The van der Waals surface area contributed by atoms with Crippen LogP contribution in [0.2, 0.25) is 0 Å². The lowest BCUT2D eigenvalue weighted by Crippen LogP contribution is -2.25. The summed E-state index contributed by atoms with van der Waals surface area (Å²) in [5, 5.41) is 7.55. The second-order valence-electron chi connectivity index (χ2n) is 1.24. The molecule has 0 aromatic carbocycles. The van der Waals surface area contributed by atoms with Gasteiger partial charge in [0.05, 0.1) is 0 Å². The highest BCUT2D eigenvalue weighted by molar-refractivity contribution is 7.89. The summed E-state index contributed by atoms with van der Waals surface area (Å²) in [4.78, 5) is 0. The first-order chi connectivity index (χ1) is 4.15. The zero-order chi connectivity index (χ0) is 8.58. The summed E-state index contributed by atoms with van der Waals surface area (Å²) in [6.45, 7) is 0. The summed E-state index contributed by atoms with van der Waals surface area (Å²) >= 11 is 0. The van der Waals surface area contributed by atoms with Crippen LogP contribution < -0.4 is 0 Å². The van der Waals surface area contributed by atoms with Gasteiger partial charge in [0.25, 0.3) is 0 Å². The standard InChI is InChI=1S/C2HF4O3S/c3-2(4,5)1(7)10(6,8)9/h7H. The Morgan fingerprint density at radius 2 is 1.60 bits per heavy atom. The second kappa shape index (κ2) is 2.35. The number of rotatable bonds is 1. The van der Waals surface area contributed by atoms with Gasteiger partial charge in [0.1, 0.15) is 0 Å². The highest BCUT2D eigenvalue weighted by Crippen LogP contribution is 2.30. The minimum atomic E-state index is -6.01. The fourth-order valence-electron chi connectivity index (χ4n) is 0.138. The normalized spacial score (nSPS) is 14.2. The number of hydrogen-bond acceptors (Lipinski definition) is 3. The molecule has 1 N–H and O–H groups in total. The Balaban J connectivity index is 4.56. The van der Waals surface area contributed by atoms with Crippen molar-refractivity contribution in [1.29, 1.82) is 0 Å². The van der Waals surface area contributed by atoms with E-state index >= 15 is 0 Å². The Morgan fingerprint density at radius 1 is 1.30 bits per heavy atom. The Morgan fingerprint density at radius 3 is 1.60 bits per heavy atom. The highest BCUT2D eigenvalue weighted by atomic mass is 32.3. The van der Waals surface area contributed by atoms with Gasteiger partial charge in [0.15, 0.2) is 0 Å². The van der Waals surface area contributed by atoms with E-state index in [0.717, 1.165) is 0 Å². The zero-order valence-electron chi connectivity index (χ0n) is 4.18. The molecule has 0 unspecified atom stereocenters. The largest absolute Gasteiger partial charge is 0.439 e. The molecule has 8 heteroatoms. The molecule has 0 heterocycles. The van der Waals surface area contributed by atoms with E-state index in [0.29, 0.717) is 0 Å². The maximum atomic E-state index is 11.2. The van der Waals surface area contributed by atoms with Crippen LogP contribution in [-0.2, 0) is 10.2 Å². The molecule has 3 nitrogen and oxygen atoms in total. The molecule has 0 aliphatic carbocycles. The van der Waals surface area contributed by atoms with Crippen molar-refractivity contribution in [2.24, 2.45) is 0 Å². The van der Waals surface area contributed by atoms with Gasteiger partial charge in [-0.3, -0.25) is 0 Å². The third-order valence-corrected chi connectivity index (χ3v) is 1.17. The molecule has 0 atom stereocenters. The minimum Gasteiger partial charge on any atom is -0.362 e. The molecule has 0 saturated carbocycles. The van der Waals surface area contributed by atoms with Crippen LogP contribution in [0.4, 0.5) is 17.1 Å². The summed E-state index contributed by atoms with van der Waals surface area (Å²) in [5.74, 6) is 0. The van der Waals surface area contributed by atoms with Gasteiger partial charge in [0.2, 0.25) is 0 Å². The quantitative estimate of drug-likeness (QED) is 0.478. The predicted molar refractivity (Wildman–Crippen MR) is 21.3 cm³/mol. The molecule has 0 spiro atoms. The van der Waals surface area contributed by atoms with Crippen molar-refractivity contribution in [2.75, 3.05) is 0 Å². The molecule has 0 aliphatic heterocycles. The topological polar surface area (TPSA) is 54.4 Å². The highest BCUT2D eigenvalue weighted by Gasteiger charge is 2.50. The van der Waals surface area contributed by atoms with Gasteiger partial charge in [-0.1, -0.05) is 0 Å². The van der Waals surface area contributed by atoms with Crippen LogP contribution in [0.3, 0.4) is 0 Å². The number of halogens is 4. The first-order valence-electron chi connectivity index (χ1n) is 1.73. The molecule has 0 bridgehead atoms. The van der Waals surface area contributed by atoms with E-state index in [1.54, 1.807) is 0 Å². The fourth-order valence-corrected chi connectivity index (χ4v) is 0.415. The van der Waals surface area contributed by atoms with Gasteiger partial charge in [0, 0.05) is 0 Å². The summed E-state index contributed by atoms with van der Waals surface area (Å²) in [6, 6.07) is 0. The van der Waals surface area contributed by atoms with Crippen LogP contribution in [0.1, 0.15) is 0 Å². The second-order valence-corrected chi connectivity index (χ2v) is 2.50. The third kappa shape index (κ3) is 2.48. The van der Waals surface area contributed by atoms with E-state index < -0.39 is 21.8 Å². The Bertz CT molecular complexity index is 203. The first kappa shape index (κ1) is 9.63. The summed E-state index contributed by atoms with van der Waals surface area (Å²) in [5.41, 5.74) is -3.13. The van der Waals surface area contributed by atoms with Gasteiger partial charge < -0.3 is 5.11 Å². The van der Waals surface area contributed by atoms with Gasteiger partial charge in [-0.15, -0.1) is 3.89 Å². The number of alkyl halides is 3. The van der Waals surface area contributed by atoms with E-state index in [2.05, 4.69) is 0 Å². The predicted octanol–water partition coefficient (Wildman–Crippen LogP) is 0.710. The zero-order valence-corrected chi connectivity index (χ0v) is 5.00. The minimum absolute atomic E-state index is 3.13. The number of aliphatic hydroxyl groups excluding tert-OH is 1. The van der Waals surface area contributed by atoms with Crippen LogP contribution in [0.25, 0.3) is 0 Å². The number of aliphatic hydroxyl groups is 1. The monoisotopic (exact) mass is 181 g/mol. The molecule has 0 rings (SSSR count). The molecule has 0 aromatic heterocycles. The van der Waals surface area contributed by atoms with Gasteiger partial charge in [-0.2, -0.15) is 21.6 Å². The Hall–Kier alpha value is -0.370. The van der Waals surface area contributed by atoms with Crippen molar-refractivity contribution >= 4 is 10.2 Å². The van der Waals surface area contributed by atoms with Gasteiger partial charge in [-0.25, -0.2) is 0 Å². The SMILES string of the molecule is O=S(=O)(F)[C](O)C(F)(F)F. The van der Waals surface area contributed by atoms with Gasteiger partial charge in [-0.05, 0) is 0 Å². The molecule has 61 valence electrons. The molecule has 0 fully saturated rings. The van der Waals surface area contributed by atoms with E-state index in [4.69, 9.17) is 5.11 Å². The molecule has 10 heavy (non-hydrogen) atoms. The van der Waals surface area contributed by atoms with Crippen molar-refractivity contribution in [3.8, 4) is 0 Å². The average Bonchev–Trinajstić information content (AvgIpc) is 1.59. The molecule has 0 aromatic rings. The van der Waals surface area contributed by atoms with Crippen LogP contribution in [0, 0.1) is 5.44 Å². The smallest absolute Gasteiger partial charge is 0.362 e. The lowest BCUT2D eigenvalue weighted by Gasteiger charge is -2.06. The molecule has 0 saturated heterocycles. The van der Waals surface area contributed by atoms with Crippen LogP contribution >= 0.6 is 0 Å². The average molecular weight is 181 g/mol. The summed E-state index contributed by atoms with van der Waals surface area (Å²) in [7, 11) is -6.01. The van der Waals surface area contributed by atoms with Crippen LogP contribution in [0.5, 0.6) is 0 Å². The Labute approximate surface area is 53.5 Å². The third-order valence-electron chi connectivity index (χ3n) is 0.473. The molecule has 0 amide bonds. The maximum Gasteiger partial charge on any atom is 0.439 e. The lowest BCUT2D eigenvalue weighted by molar-refractivity contribution is -0.137. The summed E-state index contributed by atoms with van der Waals surface area (Å²) in [6.07, 6.45) is -5.55. The molecule has 1 radical (unpaired) electrons. The Kier molecular flexibility index (Phi) is 2.26. The fraction of sp³-hybridized carbons (Fsp3) is 0.500. The van der Waals surface area contributed by atoms with E-state index in [1.165, 1.54) is 0 Å². The van der Waals surface area contributed by atoms with Crippen molar-refractivity contribution < 1.29 is 30.6 Å². The van der Waals surface area contributed by atoms with Crippen molar-refractivity contribution in [1.82, 2.24) is 0 Å². The lowest BCUT2D eigenvalue weighted by atomic mass is 10.7.